The lowest BCUT2D eigenvalue weighted by molar-refractivity contribution is 0.321. The van der Waals surface area contributed by atoms with Crippen LogP contribution in [-0.2, 0) is 0 Å². The quantitative estimate of drug-likeness (QED) is 0.765. The summed E-state index contributed by atoms with van der Waals surface area (Å²) in [5, 5.41) is 0. The molecule has 0 atom stereocenters. The van der Waals surface area contributed by atoms with E-state index in [1.807, 2.05) is 18.2 Å². The highest BCUT2D eigenvalue weighted by Gasteiger charge is 2.15. The van der Waals surface area contributed by atoms with Crippen molar-refractivity contribution >= 4 is 5.71 Å². The Hall–Kier alpha value is -2.35. The minimum absolute atomic E-state index is 0.668. The van der Waals surface area contributed by atoms with Crippen molar-refractivity contribution in [3.63, 3.8) is 0 Å². The van der Waals surface area contributed by atoms with E-state index < -0.39 is 0 Å². The average molecular weight is 291 g/mol. The van der Waals surface area contributed by atoms with Gasteiger partial charge in [-0.1, -0.05) is 48.0 Å². The molecule has 2 nitrogen and oxygen atoms in total. The first-order valence-electron chi connectivity index (χ1n) is 7.73. The summed E-state index contributed by atoms with van der Waals surface area (Å²) in [4.78, 5) is 4.80. The number of hydrogen-bond acceptors (Lipinski definition) is 2. The van der Waals surface area contributed by atoms with Crippen molar-refractivity contribution in [1.29, 1.82) is 0 Å². The van der Waals surface area contributed by atoms with Gasteiger partial charge in [-0.05, 0) is 37.1 Å². The van der Waals surface area contributed by atoms with Gasteiger partial charge < -0.3 is 4.74 Å². The molecule has 3 rings (SSSR count). The number of aliphatic imine (C=N–C) groups is 1. The number of nitrogens with zero attached hydrogens (tertiary/aromatic N) is 1. The van der Waals surface area contributed by atoms with E-state index in [-0.39, 0.29) is 0 Å². The molecule has 1 aliphatic heterocycles. The fourth-order valence-corrected chi connectivity index (χ4v) is 2.62. The Balaban J connectivity index is 1.59. The Kier molecular flexibility index (Phi) is 4.38. The molecule has 0 saturated heterocycles. The fourth-order valence-electron chi connectivity index (χ4n) is 2.62. The zero-order valence-corrected chi connectivity index (χ0v) is 13.2. The Morgan fingerprint density at radius 1 is 0.955 bits per heavy atom. The molecule has 0 aliphatic carbocycles. The van der Waals surface area contributed by atoms with E-state index in [2.05, 4.69) is 50.2 Å². The maximum absolute atomic E-state index is 5.81. The Bertz CT molecular complexity index is 696. The second-order valence-corrected chi connectivity index (χ2v) is 5.74. The molecule has 0 saturated carbocycles. The number of aryl methyl sites for hydroxylation is 1. The molecule has 2 heteroatoms. The van der Waals surface area contributed by atoms with Crippen molar-refractivity contribution in [2.45, 2.75) is 26.7 Å². The first-order valence-corrected chi connectivity index (χ1v) is 7.73. The predicted octanol–water partition coefficient (Wildman–Crippen LogP) is 4.93. The summed E-state index contributed by atoms with van der Waals surface area (Å²) in [5.41, 5.74) is 6.16. The molecule has 1 aliphatic rings. The second kappa shape index (κ2) is 6.61. The van der Waals surface area contributed by atoms with Crippen LogP contribution in [0.4, 0.5) is 0 Å². The molecule has 0 unspecified atom stereocenters. The van der Waals surface area contributed by atoms with Gasteiger partial charge in [-0.15, -0.1) is 0 Å². The molecule has 0 fully saturated rings. The molecule has 112 valence electrons. The summed E-state index contributed by atoms with van der Waals surface area (Å²) >= 11 is 0. The van der Waals surface area contributed by atoms with Crippen LogP contribution >= 0.6 is 0 Å². The van der Waals surface area contributed by atoms with Gasteiger partial charge in [0.15, 0.2) is 0 Å². The number of rotatable bonds is 5. The van der Waals surface area contributed by atoms with Crippen LogP contribution in [0.25, 0.3) is 0 Å². The van der Waals surface area contributed by atoms with Crippen LogP contribution in [0.5, 0.6) is 5.75 Å². The van der Waals surface area contributed by atoms with Gasteiger partial charge in [0, 0.05) is 18.5 Å². The highest BCUT2D eigenvalue weighted by molar-refractivity contribution is 6.04. The Labute approximate surface area is 132 Å². The van der Waals surface area contributed by atoms with Gasteiger partial charge >= 0.3 is 0 Å². The van der Waals surface area contributed by atoms with Crippen LogP contribution in [-0.4, -0.2) is 12.3 Å². The van der Waals surface area contributed by atoms with E-state index in [0.717, 1.165) is 18.6 Å². The second-order valence-electron chi connectivity index (χ2n) is 5.74. The Morgan fingerprint density at radius 3 is 2.41 bits per heavy atom. The zero-order chi connectivity index (χ0) is 15.4. The molecule has 2 aromatic rings. The monoisotopic (exact) mass is 291 g/mol. The molecule has 22 heavy (non-hydrogen) atoms. The van der Waals surface area contributed by atoms with Crippen molar-refractivity contribution in [3.8, 4) is 5.75 Å². The molecule has 1 heterocycles. The molecular weight excluding hydrogens is 270 g/mol. The average Bonchev–Trinajstić information content (AvgIpc) is 2.91. The minimum atomic E-state index is 0.668. The van der Waals surface area contributed by atoms with Crippen LogP contribution in [0.15, 0.2) is 70.9 Å². The number of allylic oxidation sites excluding steroid dienone is 1. The maximum atomic E-state index is 5.81. The zero-order valence-electron chi connectivity index (χ0n) is 13.2. The van der Waals surface area contributed by atoms with E-state index in [1.165, 1.54) is 28.1 Å². The van der Waals surface area contributed by atoms with E-state index in [0.29, 0.717) is 6.61 Å². The highest BCUT2D eigenvalue weighted by Crippen LogP contribution is 2.25. The summed E-state index contributed by atoms with van der Waals surface area (Å²) in [5.74, 6) is 0.925. The van der Waals surface area contributed by atoms with Gasteiger partial charge in [0.25, 0.3) is 0 Å². The van der Waals surface area contributed by atoms with Crippen molar-refractivity contribution in [2.24, 2.45) is 4.99 Å². The first kappa shape index (κ1) is 14.6. The molecule has 0 amide bonds. The van der Waals surface area contributed by atoms with E-state index in [9.17, 15) is 0 Å². The number of hydrogen-bond donors (Lipinski definition) is 0. The molecule has 0 radical (unpaired) electrons. The lowest BCUT2D eigenvalue weighted by Gasteiger charge is -2.06. The third kappa shape index (κ3) is 3.45. The molecular formula is C20H21NO. The van der Waals surface area contributed by atoms with Gasteiger partial charge in [0.2, 0.25) is 0 Å². The maximum Gasteiger partial charge on any atom is 0.119 e. The van der Waals surface area contributed by atoms with Crippen molar-refractivity contribution in [3.05, 3.63) is 77.0 Å². The van der Waals surface area contributed by atoms with E-state index in [4.69, 9.17) is 9.73 Å². The molecule has 0 bridgehead atoms. The third-order valence-corrected chi connectivity index (χ3v) is 3.93. The molecule has 0 N–H and O–H groups in total. The van der Waals surface area contributed by atoms with Gasteiger partial charge in [0.1, 0.15) is 5.75 Å². The summed E-state index contributed by atoms with van der Waals surface area (Å²) in [6.45, 7) is 4.91. The SMILES string of the molecule is CC1=C(CCOc2ccc(C)cc2)N=C(c2ccccc2)C1. The van der Waals surface area contributed by atoms with Gasteiger partial charge in [-0.25, -0.2) is 0 Å². The van der Waals surface area contributed by atoms with Gasteiger partial charge in [-0.3, -0.25) is 4.99 Å². The Morgan fingerprint density at radius 2 is 1.68 bits per heavy atom. The molecule has 0 spiro atoms. The lowest BCUT2D eigenvalue weighted by atomic mass is 10.0. The third-order valence-electron chi connectivity index (χ3n) is 3.93. The van der Waals surface area contributed by atoms with Gasteiger partial charge in [-0.2, -0.15) is 0 Å². The van der Waals surface area contributed by atoms with Crippen molar-refractivity contribution < 1.29 is 4.74 Å². The minimum Gasteiger partial charge on any atom is -0.493 e. The molecule has 0 aromatic heterocycles. The van der Waals surface area contributed by atoms with E-state index >= 15 is 0 Å². The lowest BCUT2D eigenvalue weighted by Crippen LogP contribution is -1.98. The number of ether oxygens (including phenoxy) is 1. The summed E-state index contributed by atoms with van der Waals surface area (Å²) in [7, 11) is 0. The smallest absolute Gasteiger partial charge is 0.119 e. The summed E-state index contributed by atoms with van der Waals surface area (Å²) in [6, 6.07) is 18.6. The van der Waals surface area contributed by atoms with Crippen LogP contribution in [0.1, 0.15) is 30.9 Å². The predicted molar refractivity (Wildman–Crippen MR) is 91.6 cm³/mol. The largest absolute Gasteiger partial charge is 0.493 e. The summed E-state index contributed by atoms with van der Waals surface area (Å²) in [6.07, 6.45) is 1.81. The highest BCUT2D eigenvalue weighted by atomic mass is 16.5. The normalized spacial score (nSPS) is 14.2. The van der Waals surface area contributed by atoms with Crippen LogP contribution in [0.3, 0.4) is 0 Å². The van der Waals surface area contributed by atoms with Crippen molar-refractivity contribution in [2.75, 3.05) is 6.61 Å². The van der Waals surface area contributed by atoms with Gasteiger partial charge in [0.05, 0.1) is 12.3 Å². The van der Waals surface area contributed by atoms with Crippen molar-refractivity contribution in [1.82, 2.24) is 0 Å². The standard InChI is InChI=1S/C20H21NO/c1-15-8-10-18(11-9-15)22-13-12-19-16(2)14-20(21-19)17-6-4-3-5-7-17/h3-11H,12-14H2,1-2H3. The first-order chi connectivity index (χ1) is 10.7. The fraction of sp³-hybridized carbons (Fsp3) is 0.250. The van der Waals surface area contributed by atoms with E-state index in [1.54, 1.807) is 0 Å². The summed E-state index contributed by atoms with van der Waals surface area (Å²) < 4.78 is 5.81. The van der Waals surface area contributed by atoms with Crippen LogP contribution in [0.2, 0.25) is 0 Å². The number of benzene rings is 2. The van der Waals surface area contributed by atoms with Crippen LogP contribution < -0.4 is 4.74 Å². The molecule has 2 aromatic carbocycles. The van der Waals surface area contributed by atoms with Crippen LogP contribution in [0, 0.1) is 6.92 Å². The topological polar surface area (TPSA) is 21.6 Å².